The van der Waals surface area contributed by atoms with E-state index in [0.29, 0.717) is 22.9 Å². The van der Waals surface area contributed by atoms with E-state index in [1.54, 1.807) is 36.5 Å². The van der Waals surface area contributed by atoms with Crippen LogP contribution in [0.4, 0.5) is 5.69 Å². The van der Waals surface area contributed by atoms with Crippen LogP contribution in [0.25, 0.3) is 0 Å². The van der Waals surface area contributed by atoms with Crippen LogP contribution in [0.2, 0.25) is 0 Å². The Hall–Kier alpha value is -1.40. The molecule has 0 saturated heterocycles. The van der Waals surface area contributed by atoms with Gasteiger partial charge in [-0.1, -0.05) is 22.0 Å². The summed E-state index contributed by atoms with van der Waals surface area (Å²) in [6.45, 7) is 0.405. The van der Waals surface area contributed by atoms with Crippen molar-refractivity contribution >= 4 is 32.4 Å². The van der Waals surface area contributed by atoms with Gasteiger partial charge in [-0.25, -0.2) is 0 Å². The van der Waals surface area contributed by atoms with Crippen LogP contribution >= 0.6 is 15.9 Å². The molecular formula is C13H13BrN2O2S. The molecule has 0 fully saturated rings. The quantitative estimate of drug-likeness (QED) is 0.865. The first-order valence-electron chi connectivity index (χ1n) is 5.67. The number of halogens is 1. The average Bonchev–Trinajstić information content (AvgIpc) is 2.37. The highest BCUT2D eigenvalue weighted by atomic mass is 79.9. The summed E-state index contributed by atoms with van der Waals surface area (Å²) in [5.41, 5.74) is 6.23. The standard InChI is InChI=1S/C13H13BrN2O2S/c14-10-4-5-12(11(15)9-10)19(18)8-7-16-6-2-1-3-13(16)17/h1-6,9H,7-8,15H2. The number of rotatable bonds is 4. The lowest BCUT2D eigenvalue weighted by Crippen LogP contribution is -2.21. The number of aromatic nitrogens is 1. The van der Waals surface area contributed by atoms with Gasteiger partial charge in [-0.3, -0.25) is 9.00 Å². The van der Waals surface area contributed by atoms with Crippen molar-refractivity contribution in [2.24, 2.45) is 0 Å². The summed E-state index contributed by atoms with van der Waals surface area (Å²) in [4.78, 5) is 12.1. The maximum atomic E-state index is 12.2. The Morgan fingerprint density at radius 2 is 2.05 bits per heavy atom. The van der Waals surface area contributed by atoms with Crippen molar-refractivity contribution in [3.8, 4) is 0 Å². The molecule has 2 aromatic rings. The third-order valence-corrected chi connectivity index (χ3v) is 4.54. The fourth-order valence-electron chi connectivity index (χ4n) is 1.66. The third-order valence-electron chi connectivity index (χ3n) is 2.63. The Morgan fingerprint density at radius 1 is 1.26 bits per heavy atom. The number of aryl methyl sites for hydroxylation is 1. The first-order chi connectivity index (χ1) is 9.08. The molecule has 1 aromatic heterocycles. The summed E-state index contributed by atoms with van der Waals surface area (Å²) >= 11 is 3.31. The van der Waals surface area contributed by atoms with E-state index in [2.05, 4.69) is 15.9 Å². The Labute approximate surface area is 121 Å². The number of anilines is 1. The van der Waals surface area contributed by atoms with Crippen molar-refractivity contribution in [1.29, 1.82) is 0 Å². The fraction of sp³-hybridized carbons (Fsp3) is 0.154. The number of nitrogens with zero attached hydrogens (tertiary/aromatic N) is 1. The lowest BCUT2D eigenvalue weighted by Gasteiger charge is -2.07. The molecule has 0 radical (unpaired) electrons. The van der Waals surface area contributed by atoms with Crippen molar-refractivity contribution < 1.29 is 4.21 Å². The molecule has 0 bridgehead atoms. The predicted molar refractivity (Wildman–Crippen MR) is 80.5 cm³/mol. The molecule has 100 valence electrons. The SMILES string of the molecule is Nc1cc(Br)ccc1S(=O)CCn1ccccc1=O. The Balaban J connectivity index is 2.10. The zero-order valence-electron chi connectivity index (χ0n) is 10.1. The summed E-state index contributed by atoms with van der Waals surface area (Å²) in [7, 11) is -1.22. The lowest BCUT2D eigenvalue weighted by atomic mass is 10.3. The van der Waals surface area contributed by atoms with E-state index in [1.807, 2.05) is 0 Å². The van der Waals surface area contributed by atoms with E-state index in [-0.39, 0.29) is 5.56 Å². The summed E-state index contributed by atoms with van der Waals surface area (Å²) < 4.78 is 14.5. The molecule has 1 heterocycles. The topological polar surface area (TPSA) is 65.1 Å². The largest absolute Gasteiger partial charge is 0.398 e. The van der Waals surface area contributed by atoms with Gasteiger partial charge in [-0.15, -0.1) is 0 Å². The van der Waals surface area contributed by atoms with E-state index in [4.69, 9.17) is 5.73 Å². The van der Waals surface area contributed by atoms with Crippen molar-refractivity contribution in [2.75, 3.05) is 11.5 Å². The first-order valence-corrected chi connectivity index (χ1v) is 7.78. The van der Waals surface area contributed by atoms with E-state index >= 15 is 0 Å². The van der Waals surface area contributed by atoms with E-state index in [0.717, 1.165) is 4.47 Å². The highest BCUT2D eigenvalue weighted by molar-refractivity contribution is 9.10. The molecule has 1 atom stereocenters. The van der Waals surface area contributed by atoms with Crippen molar-refractivity contribution in [1.82, 2.24) is 4.57 Å². The number of hydrogen-bond acceptors (Lipinski definition) is 3. The second kappa shape index (κ2) is 6.16. The predicted octanol–water partition coefficient (Wildman–Crippen LogP) is 2.00. The molecule has 6 heteroatoms. The molecule has 2 N–H and O–H groups in total. The fourth-order valence-corrected chi connectivity index (χ4v) is 3.17. The van der Waals surface area contributed by atoms with E-state index in [9.17, 15) is 9.00 Å². The third kappa shape index (κ3) is 3.54. The van der Waals surface area contributed by atoms with Gasteiger partial charge in [0.15, 0.2) is 0 Å². The average molecular weight is 341 g/mol. The zero-order chi connectivity index (χ0) is 13.8. The van der Waals surface area contributed by atoms with Crippen LogP contribution < -0.4 is 11.3 Å². The number of nitrogens with two attached hydrogens (primary N) is 1. The summed E-state index contributed by atoms with van der Waals surface area (Å²) in [5, 5.41) is 0. The van der Waals surface area contributed by atoms with Crippen molar-refractivity contribution in [2.45, 2.75) is 11.4 Å². The van der Waals surface area contributed by atoms with Crippen LogP contribution in [0.1, 0.15) is 0 Å². The van der Waals surface area contributed by atoms with Crippen LogP contribution in [-0.4, -0.2) is 14.5 Å². The number of pyridine rings is 1. The normalized spacial score (nSPS) is 12.3. The van der Waals surface area contributed by atoms with Gasteiger partial charge in [0.25, 0.3) is 5.56 Å². The minimum absolute atomic E-state index is 0.0942. The van der Waals surface area contributed by atoms with Crippen molar-refractivity contribution in [3.05, 3.63) is 57.4 Å². The number of benzene rings is 1. The van der Waals surface area contributed by atoms with Crippen LogP contribution in [0, 0.1) is 0 Å². The molecule has 2 rings (SSSR count). The van der Waals surface area contributed by atoms with Gasteiger partial charge in [0, 0.05) is 34.7 Å². The highest BCUT2D eigenvalue weighted by Crippen LogP contribution is 2.21. The maximum absolute atomic E-state index is 12.2. The summed E-state index contributed by atoms with van der Waals surface area (Å²) in [5.74, 6) is 0.357. The highest BCUT2D eigenvalue weighted by Gasteiger charge is 2.08. The molecule has 0 aliphatic rings. The van der Waals surface area contributed by atoms with Gasteiger partial charge in [0.2, 0.25) is 0 Å². The molecule has 0 aliphatic carbocycles. The number of nitrogen functional groups attached to an aromatic ring is 1. The molecule has 4 nitrogen and oxygen atoms in total. The van der Waals surface area contributed by atoms with Gasteiger partial charge >= 0.3 is 0 Å². The van der Waals surface area contributed by atoms with Gasteiger partial charge in [0.1, 0.15) is 0 Å². The minimum Gasteiger partial charge on any atom is -0.398 e. The molecule has 0 amide bonds. The minimum atomic E-state index is -1.22. The molecule has 1 unspecified atom stereocenters. The van der Waals surface area contributed by atoms with Gasteiger partial charge in [-0.05, 0) is 24.3 Å². The second-order valence-electron chi connectivity index (χ2n) is 3.96. The van der Waals surface area contributed by atoms with Crippen LogP contribution in [0.3, 0.4) is 0 Å². The van der Waals surface area contributed by atoms with Crippen molar-refractivity contribution in [3.63, 3.8) is 0 Å². The molecule has 0 aliphatic heterocycles. The first kappa shape index (κ1) is 14.0. The Kier molecular flexibility index (Phi) is 4.55. The van der Waals surface area contributed by atoms with E-state index in [1.165, 1.54) is 10.6 Å². The molecular weight excluding hydrogens is 328 g/mol. The second-order valence-corrected chi connectivity index (χ2v) is 6.42. The van der Waals surface area contributed by atoms with Crippen LogP contribution in [0.5, 0.6) is 0 Å². The van der Waals surface area contributed by atoms with Gasteiger partial charge in [-0.2, -0.15) is 0 Å². The Morgan fingerprint density at radius 3 is 2.74 bits per heavy atom. The molecule has 0 spiro atoms. The maximum Gasteiger partial charge on any atom is 0.250 e. The lowest BCUT2D eigenvalue weighted by molar-refractivity contribution is 0.669. The summed E-state index contributed by atoms with van der Waals surface area (Å²) in [6.07, 6.45) is 1.68. The zero-order valence-corrected chi connectivity index (χ0v) is 12.5. The number of hydrogen-bond donors (Lipinski definition) is 1. The van der Waals surface area contributed by atoms with Crippen LogP contribution in [0.15, 0.2) is 56.8 Å². The Bertz CT molecular complexity index is 670. The monoisotopic (exact) mass is 340 g/mol. The smallest absolute Gasteiger partial charge is 0.250 e. The van der Waals surface area contributed by atoms with Gasteiger partial charge < -0.3 is 10.3 Å². The van der Waals surface area contributed by atoms with E-state index < -0.39 is 10.8 Å². The molecule has 1 aromatic carbocycles. The molecule has 19 heavy (non-hydrogen) atoms. The molecule has 0 saturated carbocycles. The van der Waals surface area contributed by atoms with Gasteiger partial charge in [0.05, 0.1) is 15.7 Å². The summed E-state index contributed by atoms with van der Waals surface area (Å²) in [6, 6.07) is 10.2. The van der Waals surface area contributed by atoms with Crippen LogP contribution in [-0.2, 0) is 17.3 Å².